The minimum atomic E-state index is -4.57. The van der Waals surface area contributed by atoms with E-state index in [1.54, 1.807) is 6.07 Å². The van der Waals surface area contributed by atoms with Crippen molar-refractivity contribution in [2.45, 2.75) is 43.9 Å². The van der Waals surface area contributed by atoms with Gasteiger partial charge in [-0.3, -0.25) is 4.79 Å². The molecule has 0 aliphatic carbocycles. The molecule has 0 saturated carbocycles. The molecular weight excluding hydrogens is 367 g/mol. The van der Waals surface area contributed by atoms with Gasteiger partial charge in [-0.25, -0.2) is 9.97 Å². The maximum atomic E-state index is 13.0. The lowest BCUT2D eigenvalue weighted by Crippen LogP contribution is -2.24. The molecule has 1 amide bonds. The summed E-state index contributed by atoms with van der Waals surface area (Å²) in [6.07, 6.45) is -0.429. The Bertz CT molecular complexity index is 706. The molecule has 2 heterocycles. The van der Waals surface area contributed by atoms with E-state index >= 15 is 0 Å². The highest BCUT2D eigenvalue weighted by atomic mass is 32.2. The highest BCUT2D eigenvalue weighted by Gasteiger charge is 2.34. The van der Waals surface area contributed by atoms with Gasteiger partial charge in [-0.05, 0) is 31.0 Å². The van der Waals surface area contributed by atoms with Gasteiger partial charge < -0.3 is 9.73 Å². The van der Waals surface area contributed by atoms with Crippen molar-refractivity contribution in [3.05, 3.63) is 30.2 Å². The fourth-order valence-corrected chi connectivity index (χ4v) is 2.87. The van der Waals surface area contributed by atoms with Crippen LogP contribution in [0.5, 0.6) is 0 Å². The normalized spacial score (nSPS) is 11.5. The van der Waals surface area contributed by atoms with E-state index in [0.29, 0.717) is 25.1 Å². The summed E-state index contributed by atoms with van der Waals surface area (Å²) in [5.41, 5.74) is -0.934. The third-order valence-corrected chi connectivity index (χ3v) is 4.34. The summed E-state index contributed by atoms with van der Waals surface area (Å²) in [6.45, 7) is 2.68. The number of rotatable bonds is 9. The number of hydrogen-bond donors (Lipinski definition) is 1. The molecule has 0 atom stereocenters. The summed E-state index contributed by atoms with van der Waals surface area (Å²) in [6, 6.07) is 3.98. The topological polar surface area (TPSA) is 68.0 Å². The Balaban J connectivity index is 1.96. The first-order valence-corrected chi connectivity index (χ1v) is 9.28. The number of hydrogen-bond acceptors (Lipinski definition) is 5. The molecule has 142 valence electrons. The molecule has 26 heavy (non-hydrogen) atoms. The second-order valence-corrected chi connectivity index (χ2v) is 6.61. The first kappa shape index (κ1) is 20.3. The Morgan fingerprint density at radius 3 is 2.77 bits per heavy atom. The summed E-state index contributed by atoms with van der Waals surface area (Å²) < 4.78 is 44.3. The number of carbonyl (C=O) groups excluding carboxylic acids is 1. The number of nitrogens with zero attached hydrogens (tertiary/aromatic N) is 2. The molecule has 0 aliphatic rings. The van der Waals surface area contributed by atoms with Crippen LogP contribution in [0.4, 0.5) is 13.2 Å². The number of nitrogens with one attached hydrogen (secondary N) is 1. The van der Waals surface area contributed by atoms with Crippen LogP contribution in [0, 0.1) is 0 Å². The number of carbonyl (C=O) groups is 1. The monoisotopic (exact) mass is 387 g/mol. The minimum absolute atomic E-state index is 0.0117. The van der Waals surface area contributed by atoms with Gasteiger partial charge in [0.05, 0.1) is 6.26 Å². The van der Waals surface area contributed by atoms with Crippen LogP contribution in [-0.4, -0.2) is 28.2 Å². The largest absolute Gasteiger partial charge is 0.463 e. The van der Waals surface area contributed by atoms with Crippen molar-refractivity contribution in [3.8, 4) is 11.5 Å². The second-order valence-electron chi connectivity index (χ2n) is 5.55. The molecule has 0 saturated heterocycles. The van der Waals surface area contributed by atoms with E-state index in [-0.39, 0.29) is 22.5 Å². The van der Waals surface area contributed by atoms with E-state index in [1.165, 1.54) is 12.3 Å². The molecule has 2 aromatic rings. The highest BCUT2D eigenvalue weighted by molar-refractivity contribution is 7.99. The standard InChI is InChI=1S/C17H20F3N3O2S/c1-2-3-8-21-15(24)7-5-10-26-16-22-12(13-6-4-9-25-13)11-14(23-16)17(18,19)20/h4,6,9,11H,2-3,5,7-8,10H2,1H3,(H,21,24). The second kappa shape index (κ2) is 9.61. The van der Waals surface area contributed by atoms with Crippen LogP contribution in [0.2, 0.25) is 0 Å². The van der Waals surface area contributed by atoms with Crippen LogP contribution >= 0.6 is 11.8 Å². The van der Waals surface area contributed by atoms with Gasteiger partial charge in [-0.1, -0.05) is 25.1 Å². The van der Waals surface area contributed by atoms with Crippen LogP contribution in [-0.2, 0) is 11.0 Å². The summed E-state index contributed by atoms with van der Waals surface area (Å²) in [5.74, 6) is 0.635. The first-order chi connectivity index (χ1) is 12.4. The fraction of sp³-hybridized carbons (Fsp3) is 0.471. The maximum absolute atomic E-state index is 13.0. The van der Waals surface area contributed by atoms with Crippen molar-refractivity contribution in [3.63, 3.8) is 0 Å². The van der Waals surface area contributed by atoms with Crippen molar-refractivity contribution in [1.82, 2.24) is 15.3 Å². The molecule has 0 radical (unpaired) electrons. The molecule has 0 bridgehead atoms. The lowest BCUT2D eigenvalue weighted by Gasteiger charge is -2.09. The molecule has 0 aliphatic heterocycles. The zero-order chi connectivity index (χ0) is 19.0. The minimum Gasteiger partial charge on any atom is -0.463 e. The van der Waals surface area contributed by atoms with E-state index < -0.39 is 11.9 Å². The van der Waals surface area contributed by atoms with Gasteiger partial charge in [0, 0.05) is 18.7 Å². The van der Waals surface area contributed by atoms with Crippen molar-refractivity contribution in [2.24, 2.45) is 0 Å². The van der Waals surface area contributed by atoms with Gasteiger partial charge in [0.1, 0.15) is 11.4 Å². The maximum Gasteiger partial charge on any atom is 0.433 e. The zero-order valence-electron chi connectivity index (χ0n) is 14.3. The molecule has 2 rings (SSSR count). The number of halogens is 3. The van der Waals surface area contributed by atoms with Gasteiger partial charge in [0.2, 0.25) is 5.91 Å². The SMILES string of the molecule is CCCCNC(=O)CCCSc1nc(-c2ccco2)cc(C(F)(F)F)n1. The van der Waals surface area contributed by atoms with Crippen LogP contribution < -0.4 is 5.32 Å². The third-order valence-electron chi connectivity index (χ3n) is 3.40. The van der Waals surface area contributed by atoms with E-state index in [4.69, 9.17) is 4.42 Å². The summed E-state index contributed by atoms with van der Waals surface area (Å²) in [5, 5.41) is 2.81. The predicted octanol–water partition coefficient (Wildman–Crippen LogP) is 4.54. The molecule has 0 aromatic carbocycles. The predicted molar refractivity (Wildman–Crippen MR) is 92.6 cm³/mol. The highest BCUT2D eigenvalue weighted by Crippen LogP contribution is 2.32. The van der Waals surface area contributed by atoms with Crippen molar-refractivity contribution in [1.29, 1.82) is 0 Å². The van der Waals surface area contributed by atoms with E-state index in [0.717, 1.165) is 30.7 Å². The summed E-state index contributed by atoms with van der Waals surface area (Å²) >= 11 is 1.09. The number of unbranched alkanes of at least 4 members (excludes halogenated alkanes) is 1. The lowest BCUT2D eigenvalue weighted by atomic mass is 10.2. The lowest BCUT2D eigenvalue weighted by molar-refractivity contribution is -0.141. The number of amides is 1. The van der Waals surface area contributed by atoms with Crippen LogP contribution in [0.3, 0.4) is 0 Å². The number of aromatic nitrogens is 2. The Morgan fingerprint density at radius 1 is 1.31 bits per heavy atom. The Morgan fingerprint density at radius 2 is 2.12 bits per heavy atom. The van der Waals surface area contributed by atoms with Gasteiger partial charge >= 0.3 is 6.18 Å². The van der Waals surface area contributed by atoms with Crippen molar-refractivity contribution < 1.29 is 22.4 Å². The summed E-state index contributed by atoms with van der Waals surface area (Å²) in [7, 11) is 0. The molecule has 9 heteroatoms. The first-order valence-electron chi connectivity index (χ1n) is 8.30. The Hall–Kier alpha value is -2.03. The van der Waals surface area contributed by atoms with Gasteiger partial charge in [-0.2, -0.15) is 13.2 Å². The quantitative estimate of drug-likeness (QED) is 0.389. The Labute approximate surface area is 153 Å². The molecule has 2 aromatic heterocycles. The molecule has 0 fully saturated rings. The van der Waals surface area contributed by atoms with Gasteiger partial charge in [0.15, 0.2) is 10.9 Å². The van der Waals surface area contributed by atoms with E-state index in [1.807, 2.05) is 6.92 Å². The molecule has 1 N–H and O–H groups in total. The van der Waals surface area contributed by atoms with Crippen molar-refractivity contribution in [2.75, 3.05) is 12.3 Å². The summed E-state index contributed by atoms with van der Waals surface area (Å²) in [4.78, 5) is 19.3. The molecule has 0 spiro atoms. The number of furan rings is 1. The average Bonchev–Trinajstić information content (AvgIpc) is 3.13. The van der Waals surface area contributed by atoms with E-state index in [2.05, 4.69) is 15.3 Å². The van der Waals surface area contributed by atoms with Crippen LogP contribution in [0.1, 0.15) is 38.3 Å². The fourth-order valence-electron chi connectivity index (χ4n) is 2.07. The van der Waals surface area contributed by atoms with E-state index in [9.17, 15) is 18.0 Å². The number of thioether (sulfide) groups is 1. The number of alkyl halides is 3. The van der Waals surface area contributed by atoms with Crippen molar-refractivity contribution >= 4 is 17.7 Å². The molecular formula is C17H20F3N3O2S. The third kappa shape index (κ3) is 6.36. The molecule has 0 unspecified atom stereocenters. The average molecular weight is 387 g/mol. The Kier molecular flexibility index (Phi) is 7.50. The zero-order valence-corrected chi connectivity index (χ0v) is 15.1. The van der Waals surface area contributed by atoms with Gasteiger partial charge in [-0.15, -0.1) is 0 Å². The smallest absolute Gasteiger partial charge is 0.433 e. The molecule has 5 nitrogen and oxygen atoms in total. The van der Waals surface area contributed by atoms with Gasteiger partial charge in [0.25, 0.3) is 0 Å². The van der Waals surface area contributed by atoms with Crippen LogP contribution in [0.25, 0.3) is 11.5 Å². The van der Waals surface area contributed by atoms with Crippen LogP contribution in [0.15, 0.2) is 34.0 Å².